The molecule has 0 radical (unpaired) electrons. The second-order valence-electron chi connectivity index (χ2n) is 8.39. The van der Waals surface area contributed by atoms with Crippen molar-refractivity contribution in [3.63, 3.8) is 0 Å². The van der Waals surface area contributed by atoms with E-state index in [1.807, 2.05) is 30.3 Å². The highest BCUT2D eigenvalue weighted by Crippen LogP contribution is 2.29. The van der Waals surface area contributed by atoms with Crippen LogP contribution in [0.3, 0.4) is 0 Å². The van der Waals surface area contributed by atoms with Crippen LogP contribution >= 0.6 is 0 Å². The van der Waals surface area contributed by atoms with Crippen molar-refractivity contribution in [2.75, 3.05) is 0 Å². The van der Waals surface area contributed by atoms with Crippen molar-refractivity contribution >= 4 is 22.1 Å². The zero-order valence-electron chi connectivity index (χ0n) is 20.1. The number of hydrogen-bond acceptors (Lipinski definition) is 8. The van der Waals surface area contributed by atoms with Gasteiger partial charge in [0.2, 0.25) is 0 Å². The molecule has 0 aliphatic carbocycles. The lowest BCUT2D eigenvalue weighted by Gasteiger charge is -2.23. The number of carbonyl (C=O) groups is 2. The number of rotatable bonds is 11. The van der Waals surface area contributed by atoms with E-state index in [1.165, 1.54) is 24.3 Å². The van der Waals surface area contributed by atoms with Crippen LogP contribution in [0.15, 0.2) is 89.8 Å². The van der Waals surface area contributed by atoms with Crippen molar-refractivity contribution in [2.45, 2.75) is 49.8 Å². The fraction of sp³-hybridized carbons (Fsp3) is 0.259. The van der Waals surface area contributed by atoms with Crippen molar-refractivity contribution in [1.82, 2.24) is 0 Å². The summed E-state index contributed by atoms with van der Waals surface area (Å²) in [5.74, 6) is -2.08. The molecule has 0 spiro atoms. The van der Waals surface area contributed by atoms with Crippen molar-refractivity contribution in [2.24, 2.45) is 5.73 Å². The Hall–Kier alpha value is -3.69. The number of hydrogen-bond donors (Lipinski definition) is 1. The van der Waals surface area contributed by atoms with Crippen molar-refractivity contribution < 1.29 is 31.7 Å². The molecule has 3 aromatic carbocycles. The topological polar surface area (TPSA) is 122 Å². The van der Waals surface area contributed by atoms with Gasteiger partial charge in [0.25, 0.3) is 0 Å². The van der Waals surface area contributed by atoms with Gasteiger partial charge in [0, 0.05) is 5.92 Å². The first kappa shape index (κ1) is 26.9. The Morgan fingerprint density at radius 3 is 2.17 bits per heavy atom. The third-order valence-electron chi connectivity index (χ3n) is 5.21. The summed E-state index contributed by atoms with van der Waals surface area (Å²) in [7, 11) is -4.09. The minimum atomic E-state index is -4.09. The third kappa shape index (κ3) is 7.66. The molecular formula is C27H29NO7S. The van der Waals surface area contributed by atoms with Crippen LogP contribution in [-0.2, 0) is 35.8 Å². The Bertz CT molecular complexity index is 1260. The van der Waals surface area contributed by atoms with E-state index >= 15 is 0 Å². The van der Waals surface area contributed by atoms with Crippen LogP contribution < -0.4 is 9.92 Å². The quantitative estimate of drug-likeness (QED) is 0.303. The molecule has 8 nitrogen and oxygen atoms in total. The second-order valence-corrected chi connectivity index (χ2v) is 9.94. The van der Waals surface area contributed by atoms with E-state index < -0.39 is 34.0 Å². The van der Waals surface area contributed by atoms with Crippen LogP contribution in [0.4, 0.5) is 0 Å². The molecule has 36 heavy (non-hydrogen) atoms. The molecule has 190 valence electrons. The molecule has 2 unspecified atom stereocenters. The molecule has 0 saturated heterocycles. The average Bonchev–Trinajstić information content (AvgIpc) is 2.86. The first-order chi connectivity index (χ1) is 17.2. The molecule has 2 atom stereocenters. The first-order valence-corrected chi connectivity index (χ1v) is 12.8. The van der Waals surface area contributed by atoms with Crippen LogP contribution in [0.25, 0.3) is 0 Å². The normalized spacial score (nSPS) is 13.0. The monoisotopic (exact) mass is 511 g/mol. The molecule has 9 heteroatoms. The van der Waals surface area contributed by atoms with Gasteiger partial charge >= 0.3 is 22.1 Å². The van der Waals surface area contributed by atoms with Gasteiger partial charge in [-0.2, -0.15) is 8.42 Å². The predicted molar refractivity (Wildman–Crippen MR) is 133 cm³/mol. The van der Waals surface area contributed by atoms with Crippen LogP contribution in [-0.4, -0.2) is 32.5 Å². The lowest BCUT2D eigenvalue weighted by molar-refractivity contribution is -0.150. The fourth-order valence-corrected chi connectivity index (χ4v) is 4.43. The number of ether oxygens (including phenoxy) is 2. The molecule has 0 aliphatic rings. The minimum absolute atomic E-state index is 0.00587. The van der Waals surface area contributed by atoms with Gasteiger partial charge in [-0.1, -0.05) is 60.7 Å². The summed E-state index contributed by atoms with van der Waals surface area (Å²) in [6.07, 6.45) is -0.570. The summed E-state index contributed by atoms with van der Waals surface area (Å²) in [4.78, 5) is 25.3. The molecule has 0 bridgehead atoms. The van der Waals surface area contributed by atoms with Gasteiger partial charge in [0.15, 0.2) is 0 Å². The van der Waals surface area contributed by atoms with E-state index in [4.69, 9.17) is 19.4 Å². The Balaban J connectivity index is 1.83. The van der Waals surface area contributed by atoms with Crippen molar-refractivity contribution in [3.8, 4) is 5.75 Å². The van der Waals surface area contributed by atoms with Crippen LogP contribution in [0, 0.1) is 0 Å². The second kappa shape index (κ2) is 12.3. The molecule has 3 aromatic rings. The number of carbonyl (C=O) groups excluding carboxylic acids is 2. The zero-order valence-corrected chi connectivity index (χ0v) is 20.9. The molecule has 0 heterocycles. The molecule has 0 amide bonds. The molecule has 2 N–H and O–H groups in total. The maximum atomic E-state index is 12.8. The summed E-state index contributed by atoms with van der Waals surface area (Å²) in [5, 5.41) is 0. The standard InChI is InChI=1S/C27H29NO7S/c1-19(2)34-25(29)17-24(26(28)27(30)33-18-20-10-5-3-6-11-20)21-12-9-13-22(16-21)35-36(31,32)23-14-7-4-8-15-23/h3-16,19,24,26H,17-18,28H2,1-2H3. The first-order valence-electron chi connectivity index (χ1n) is 11.4. The van der Waals surface area contributed by atoms with E-state index in [1.54, 1.807) is 44.2 Å². The summed E-state index contributed by atoms with van der Waals surface area (Å²) in [6.45, 7) is 3.45. The minimum Gasteiger partial charge on any atom is -0.463 e. The Morgan fingerprint density at radius 2 is 1.53 bits per heavy atom. The van der Waals surface area contributed by atoms with E-state index in [9.17, 15) is 18.0 Å². The molecule has 0 saturated carbocycles. The maximum Gasteiger partial charge on any atom is 0.339 e. The average molecular weight is 512 g/mol. The summed E-state index contributed by atoms with van der Waals surface area (Å²) >= 11 is 0. The number of nitrogens with two attached hydrogens (primary N) is 1. The highest BCUT2D eigenvalue weighted by atomic mass is 32.2. The molecule has 0 aromatic heterocycles. The van der Waals surface area contributed by atoms with Gasteiger partial charge in [-0.15, -0.1) is 0 Å². The van der Waals surface area contributed by atoms with Crippen LogP contribution in [0.1, 0.15) is 37.3 Å². The van der Waals surface area contributed by atoms with Gasteiger partial charge in [-0.3, -0.25) is 9.59 Å². The Kier molecular flexibility index (Phi) is 9.21. The van der Waals surface area contributed by atoms with Gasteiger partial charge in [0.1, 0.15) is 23.3 Å². The summed E-state index contributed by atoms with van der Waals surface area (Å²) in [6, 6.07) is 21.7. The number of benzene rings is 3. The zero-order chi connectivity index (χ0) is 26.1. The fourth-order valence-electron chi connectivity index (χ4n) is 3.49. The lowest BCUT2D eigenvalue weighted by Crippen LogP contribution is -2.39. The van der Waals surface area contributed by atoms with E-state index in [2.05, 4.69) is 0 Å². The number of esters is 2. The molecular weight excluding hydrogens is 482 g/mol. The highest BCUT2D eigenvalue weighted by molar-refractivity contribution is 7.87. The van der Waals surface area contributed by atoms with Crippen LogP contribution in [0.5, 0.6) is 5.75 Å². The SMILES string of the molecule is CC(C)OC(=O)CC(c1cccc(OS(=O)(=O)c2ccccc2)c1)C(N)C(=O)OCc1ccccc1. The third-order valence-corrected chi connectivity index (χ3v) is 6.47. The van der Waals surface area contributed by atoms with Gasteiger partial charge in [-0.05, 0) is 49.2 Å². The Labute approximate surface area is 211 Å². The van der Waals surface area contributed by atoms with Crippen LogP contribution in [0.2, 0.25) is 0 Å². The van der Waals surface area contributed by atoms with Gasteiger partial charge in [-0.25, -0.2) is 0 Å². The largest absolute Gasteiger partial charge is 0.463 e. The Morgan fingerprint density at radius 1 is 0.889 bits per heavy atom. The maximum absolute atomic E-state index is 12.8. The predicted octanol–water partition coefficient (Wildman–Crippen LogP) is 3.95. The van der Waals surface area contributed by atoms with Gasteiger partial charge in [0.05, 0.1) is 12.5 Å². The molecule has 0 fully saturated rings. The van der Waals surface area contributed by atoms with Crippen molar-refractivity contribution in [3.05, 3.63) is 96.1 Å². The molecule has 3 rings (SSSR count). The molecule has 0 aliphatic heterocycles. The summed E-state index contributed by atoms with van der Waals surface area (Å²) < 4.78 is 41.2. The van der Waals surface area contributed by atoms with E-state index in [0.717, 1.165) is 5.56 Å². The van der Waals surface area contributed by atoms with E-state index in [0.29, 0.717) is 5.56 Å². The smallest absolute Gasteiger partial charge is 0.339 e. The summed E-state index contributed by atoms with van der Waals surface area (Å²) in [5.41, 5.74) is 7.48. The van der Waals surface area contributed by atoms with Crippen molar-refractivity contribution in [1.29, 1.82) is 0 Å². The van der Waals surface area contributed by atoms with Gasteiger partial charge < -0.3 is 19.4 Å². The highest BCUT2D eigenvalue weighted by Gasteiger charge is 2.31. The van der Waals surface area contributed by atoms with E-state index in [-0.39, 0.29) is 29.8 Å². The lowest BCUT2D eigenvalue weighted by atomic mass is 9.88.